The maximum atomic E-state index is 13.1. The van der Waals surface area contributed by atoms with Gasteiger partial charge in [-0.2, -0.15) is 0 Å². The number of hydrogen-bond donors (Lipinski definition) is 2. The number of amides is 1. The zero-order valence-electron chi connectivity index (χ0n) is 18.8. The minimum atomic E-state index is -3.85. The van der Waals surface area contributed by atoms with Crippen LogP contribution in [0.4, 0.5) is 0 Å². The molecule has 0 bridgehead atoms. The van der Waals surface area contributed by atoms with Gasteiger partial charge in [-0.1, -0.05) is 5.21 Å². The first kappa shape index (κ1) is 24.9. The highest BCUT2D eigenvalue weighted by atomic mass is 32.2. The van der Waals surface area contributed by atoms with Crippen molar-refractivity contribution in [2.24, 2.45) is 12.2 Å². The molecule has 182 valence electrons. The Labute approximate surface area is 192 Å². The molecule has 1 saturated heterocycles. The Kier molecular flexibility index (Phi) is 7.87. The number of aliphatic hydroxyl groups is 1. The van der Waals surface area contributed by atoms with Crippen LogP contribution in [0.25, 0.3) is 0 Å². The van der Waals surface area contributed by atoms with E-state index in [1.165, 1.54) is 16.9 Å². The van der Waals surface area contributed by atoms with Crippen molar-refractivity contribution in [1.29, 1.82) is 0 Å². The molecule has 33 heavy (non-hydrogen) atoms. The lowest BCUT2D eigenvalue weighted by molar-refractivity contribution is -0.145. The van der Waals surface area contributed by atoms with Crippen LogP contribution in [0.1, 0.15) is 50.0 Å². The SMILES string of the molecule is CCOC(=O)C[C@@H](O)Cn1cc(C2CCCCN2C(=O)Cc2cc(S(N)(=O)=O)cn2C)nn1. The third-order valence-corrected chi connectivity index (χ3v) is 6.45. The summed E-state index contributed by atoms with van der Waals surface area (Å²) in [5.41, 5.74) is 1.14. The number of carbonyl (C=O) groups excluding carboxylic acids is 2. The van der Waals surface area contributed by atoms with Crippen LogP contribution in [0.15, 0.2) is 23.4 Å². The van der Waals surface area contributed by atoms with Crippen molar-refractivity contribution in [2.45, 2.75) is 62.6 Å². The third-order valence-electron chi connectivity index (χ3n) is 5.57. The topological polar surface area (TPSA) is 163 Å². The molecule has 1 unspecified atom stereocenters. The monoisotopic (exact) mass is 482 g/mol. The highest BCUT2D eigenvalue weighted by molar-refractivity contribution is 7.89. The van der Waals surface area contributed by atoms with Gasteiger partial charge in [-0.25, -0.2) is 18.2 Å². The summed E-state index contributed by atoms with van der Waals surface area (Å²) in [7, 11) is -2.19. The predicted octanol–water partition coefficient (Wildman–Crippen LogP) is -0.126. The number of rotatable bonds is 9. The second kappa shape index (κ2) is 10.4. The van der Waals surface area contributed by atoms with Crippen LogP contribution < -0.4 is 5.14 Å². The first-order valence-corrected chi connectivity index (χ1v) is 12.3. The van der Waals surface area contributed by atoms with Crippen molar-refractivity contribution < 1.29 is 27.9 Å². The van der Waals surface area contributed by atoms with Gasteiger partial charge >= 0.3 is 5.97 Å². The molecule has 1 aliphatic heterocycles. The number of nitrogens with two attached hydrogens (primary N) is 1. The largest absolute Gasteiger partial charge is 0.466 e. The summed E-state index contributed by atoms with van der Waals surface area (Å²) in [4.78, 5) is 26.3. The molecule has 1 aliphatic rings. The molecule has 0 saturated carbocycles. The van der Waals surface area contributed by atoms with E-state index < -0.39 is 22.1 Å². The van der Waals surface area contributed by atoms with Crippen molar-refractivity contribution in [3.05, 3.63) is 29.8 Å². The Morgan fingerprint density at radius 2 is 2.09 bits per heavy atom. The van der Waals surface area contributed by atoms with Crippen molar-refractivity contribution >= 4 is 21.9 Å². The average molecular weight is 483 g/mol. The molecule has 2 aromatic rings. The number of esters is 1. The summed E-state index contributed by atoms with van der Waals surface area (Å²) < 4.78 is 31.1. The van der Waals surface area contributed by atoms with Gasteiger partial charge in [0.25, 0.3) is 0 Å². The van der Waals surface area contributed by atoms with Crippen LogP contribution in [0.2, 0.25) is 0 Å². The first-order valence-electron chi connectivity index (χ1n) is 10.8. The van der Waals surface area contributed by atoms with Crippen molar-refractivity contribution in [3.8, 4) is 0 Å². The van der Waals surface area contributed by atoms with Gasteiger partial charge in [-0.15, -0.1) is 5.10 Å². The van der Waals surface area contributed by atoms with E-state index in [1.807, 2.05) is 0 Å². The van der Waals surface area contributed by atoms with Gasteiger partial charge in [-0.05, 0) is 32.3 Å². The second-order valence-electron chi connectivity index (χ2n) is 8.13. The molecule has 1 amide bonds. The van der Waals surface area contributed by atoms with Crippen LogP contribution in [0, 0.1) is 0 Å². The summed E-state index contributed by atoms with van der Waals surface area (Å²) in [5.74, 6) is -0.639. The molecule has 3 N–H and O–H groups in total. The lowest BCUT2D eigenvalue weighted by Crippen LogP contribution is -2.39. The number of ether oxygens (including phenoxy) is 1. The van der Waals surface area contributed by atoms with Gasteiger partial charge in [0.1, 0.15) is 5.69 Å². The highest BCUT2D eigenvalue weighted by Gasteiger charge is 2.31. The summed E-state index contributed by atoms with van der Waals surface area (Å²) in [5, 5.41) is 23.5. The molecular weight excluding hydrogens is 452 g/mol. The Bertz CT molecular complexity index is 1090. The lowest BCUT2D eigenvalue weighted by Gasteiger charge is -2.34. The Morgan fingerprint density at radius 3 is 2.76 bits per heavy atom. The molecule has 12 nitrogen and oxygen atoms in total. The van der Waals surface area contributed by atoms with Gasteiger partial charge in [-0.3, -0.25) is 9.59 Å². The van der Waals surface area contributed by atoms with Crippen molar-refractivity contribution in [2.75, 3.05) is 13.2 Å². The fraction of sp³-hybridized carbons (Fsp3) is 0.600. The molecule has 0 radical (unpaired) electrons. The highest BCUT2D eigenvalue weighted by Crippen LogP contribution is 2.30. The fourth-order valence-corrected chi connectivity index (χ4v) is 4.56. The number of aryl methyl sites for hydroxylation is 1. The molecule has 3 rings (SSSR count). The Morgan fingerprint density at radius 1 is 1.33 bits per heavy atom. The van der Waals surface area contributed by atoms with Gasteiger partial charge in [0.05, 0.1) is 49.2 Å². The van der Waals surface area contributed by atoms with E-state index >= 15 is 0 Å². The first-order chi connectivity index (χ1) is 15.6. The van der Waals surface area contributed by atoms with Crippen LogP contribution in [-0.2, 0) is 44.4 Å². The number of aliphatic hydroxyl groups excluding tert-OH is 1. The minimum absolute atomic E-state index is 0.0227. The van der Waals surface area contributed by atoms with Gasteiger partial charge in [0.15, 0.2) is 0 Å². The number of hydrogen-bond acceptors (Lipinski definition) is 8. The molecule has 0 aliphatic carbocycles. The Balaban J connectivity index is 1.69. The van der Waals surface area contributed by atoms with E-state index in [-0.39, 0.29) is 42.8 Å². The van der Waals surface area contributed by atoms with E-state index in [0.717, 1.165) is 12.8 Å². The maximum absolute atomic E-state index is 13.1. The number of likely N-dealkylation sites (tertiary alicyclic amines) is 1. The van der Waals surface area contributed by atoms with Crippen LogP contribution in [0.3, 0.4) is 0 Å². The van der Waals surface area contributed by atoms with Gasteiger partial charge in [0, 0.05) is 25.5 Å². The van der Waals surface area contributed by atoms with Crippen LogP contribution in [-0.4, -0.2) is 69.1 Å². The van der Waals surface area contributed by atoms with Gasteiger partial charge < -0.3 is 19.3 Å². The van der Waals surface area contributed by atoms with Crippen LogP contribution >= 0.6 is 0 Å². The Hall–Kier alpha value is -2.77. The van der Waals surface area contributed by atoms with E-state index in [9.17, 15) is 23.1 Å². The van der Waals surface area contributed by atoms with Crippen LogP contribution in [0.5, 0.6) is 0 Å². The molecule has 2 aromatic heterocycles. The molecule has 2 atom stereocenters. The zero-order chi connectivity index (χ0) is 24.2. The summed E-state index contributed by atoms with van der Waals surface area (Å²) in [6, 6.07) is 1.13. The molecule has 0 aromatic carbocycles. The number of sulfonamides is 1. The number of aromatic nitrogens is 4. The smallest absolute Gasteiger partial charge is 0.308 e. The normalized spacial score (nSPS) is 17.7. The number of carbonyl (C=O) groups is 2. The molecule has 1 fully saturated rings. The van der Waals surface area contributed by atoms with E-state index in [1.54, 1.807) is 29.6 Å². The summed E-state index contributed by atoms with van der Waals surface area (Å²) in [6.07, 6.45) is 4.46. The van der Waals surface area contributed by atoms with E-state index in [2.05, 4.69) is 10.3 Å². The standard InChI is InChI=1S/C20H30N6O6S/c1-3-32-20(29)10-15(27)11-25-13-17(22-23-25)18-6-4-5-7-26(18)19(28)9-14-8-16(12-24(14)2)33(21,30)31/h8,12-13,15,18,27H,3-7,9-11H2,1-2H3,(H2,21,30,31)/t15-,18?/m1/s1. The quantitative estimate of drug-likeness (QED) is 0.467. The number of primary sulfonamides is 1. The third kappa shape index (κ3) is 6.39. The van der Waals surface area contributed by atoms with Crippen molar-refractivity contribution in [3.63, 3.8) is 0 Å². The molecule has 13 heteroatoms. The van der Waals surface area contributed by atoms with E-state index in [4.69, 9.17) is 9.88 Å². The lowest BCUT2D eigenvalue weighted by atomic mass is 9.99. The summed E-state index contributed by atoms with van der Waals surface area (Å²) >= 11 is 0. The molecule has 3 heterocycles. The summed E-state index contributed by atoms with van der Waals surface area (Å²) in [6.45, 7) is 2.57. The maximum Gasteiger partial charge on any atom is 0.308 e. The predicted molar refractivity (Wildman–Crippen MR) is 116 cm³/mol. The minimum Gasteiger partial charge on any atom is -0.466 e. The average Bonchev–Trinajstić information content (AvgIpc) is 3.34. The molecule has 0 spiro atoms. The number of nitrogens with zero attached hydrogens (tertiary/aromatic N) is 5. The van der Waals surface area contributed by atoms with E-state index in [0.29, 0.717) is 24.4 Å². The zero-order valence-corrected chi connectivity index (χ0v) is 19.6. The number of piperidine rings is 1. The van der Waals surface area contributed by atoms with Crippen molar-refractivity contribution in [1.82, 2.24) is 24.5 Å². The van der Waals surface area contributed by atoms with Gasteiger partial charge in [0.2, 0.25) is 15.9 Å². The fourth-order valence-electron chi connectivity index (χ4n) is 3.95. The second-order valence-corrected chi connectivity index (χ2v) is 9.69. The molecular formula is C20H30N6O6S.